The SMILES string of the molecule is CCc1cccc(C)c1NC(=O)CSc1nnc(NC(=O)COC)s1. The van der Waals surface area contributed by atoms with Gasteiger partial charge in [0.15, 0.2) is 4.34 Å². The highest BCUT2D eigenvalue weighted by molar-refractivity contribution is 8.01. The smallest absolute Gasteiger partial charge is 0.252 e. The van der Waals surface area contributed by atoms with Gasteiger partial charge in [-0.15, -0.1) is 10.2 Å². The van der Waals surface area contributed by atoms with Crippen LogP contribution in [-0.4, -0.2) is 41.5 Å². The maximum absolute atomic E-state index is 12.2. The maximum Gasteiger partial charge on any atom is 0.252 e. The molecular weight excluding hydrogens is 360 g/mol. The van der Waals surface area contributed by atoms with Gasteiger partial charge < -0.3 is 10.1 Å². The van der Waals surface area contributed by atoms with Crippen LogP contribution in [0, 0.1) is 6.92 Å². The Bertz CT molecular complexity index is 749. The number of carbonyl (C=O) groups is 2. The topological polar surface area (TPSA) is 93.2 Å². The number of carbonyl (C=O) groups excluding carboxylic acids is 2. The van der Waals surface area contributed by atoms with Gasteiger partial charge in [-0.1, -0.05) is 48.2 Å². The van der Waals surface area contributed by atoms with Crippen molar-refractivity contribution in [1.82, 2.24) is 10.2 Å². The van der Waals surface area contributed by atoms with Crippen molar-refractivity contribution >= 4 is 45.7 Å². The summed E-state index contributed by atoms with van der Waals surface area (Å²) >= 11 is 2.50. The van der Waals surface area contributed by atoms with Gasteiger partial charge >= 0.3 is 0 Å². The minimum absolute atomic E-state index is 0.0410. The first-order valence-corrected chi connectivity index (χ1v) is 9.47. The van der Waals surface area contributed by atoms with E-state index in [2.05, 4.69) is 27.8 Å². The first-order valence-electron chi connectivity index (χ1n) is 7.67. The molecule has 2 amide bonds. The van der Waals surface area contributed by atoms with Crippen LogP contribution < -0.4 is 10.6 Å². The zero-order valence-electron chi connectivity index (χ0n) is 14.3. The zero-order chi connectivity index (χ0) is 18.2. The van der Waals surface area contributed by atoms with E-state index in [4.69, 9.17) is 4.74 Å². The van der Waals surface area contributed by atoms with Gasteiger partial charge in [0, 0.05) is 12.8 Å². The fourth-order valence-corrected chi connectivity index (χ4v) is 3.68. The molecule has 0 saturated carbocycles. The van der Waals surface area contributed by atoms with Crippen molar-refractivity contribution < 1.29 is 14.3 Å². The largest absolute Gasteiger partial charge is 0.375 e. The summed E-state index contributed by atoms with van der Waals surface area (Å²) in [6.45, 7) is 3.99. The van der Waals surface area contributed by atoms with E-state index in [-0.39, 0.29) is 24.2 Å². The van der Waals surface area contributed by atoms with Crippen molar-refractivity contribution in [3.05, 3.63) is 29.3 Å². The molecule has 2 rings (SSSR count). The van der Waals surface area contributed by atoms with Crippen molar-refractivity contribution in [3.8, 4) is 0 Å². The number of methoxy groups -OCH3 is 1. The van der Waals surface area contributed by atoms with Crippen molar-refractivity contribution in [2.75, 3.05) is 30.1 Å². The van der Waals surface area contributed by atoms with Crippen LogP contribution in [0.25, 0.3) is 0 Å². The number of aryl methyl sites for hydroxylation is 2. The summed E-state index contributed by atoms with van der Waals surface area (Å²) in [5.74, 6) is -0.174. The molecule has 0 radical (unpaired) electrons. The molecule has 134 valence electrons. The molecule has 0 spiro atoms. The van der Waals surface area contributed by atoms with E-state index in [9.17, 15) is 9.59 Å². The van der Waals surface area contributed by atoms with Crippen LogP contribution in [0.4, 0.5) is 10.8 Å². The van der Waals surface area contributed by atoms with Gasteiger partial charge in [-0.3, -0.25) is 14.9 Å². The predicted molar refractivity (Wildman–Crippen MR) is 100 cm³/mol. The van der Waals surface area contributed by atoms with Gasteiger partial charge in [-0.2, -0.15) is 0 Å². The number of amides is 2. The average Bonchev–Trinajstić information content (AvgIpc) is 3.02. The Hall–Kier alpha value is -1.97. The van der Waals surface area contributed by atoms with E-state index in [1.54, 1.807) is 0 Å². The second kappa shape index (κ2) is 9.50. The van der Waals surface area contributed by atoms with Crippen LogP contribution in [0.1, 0.15) is 18.1 Å². The maximum atomic E-state index is 12.2. The third-order valence-corrected chi connectivity index (χ3v) is 5.23. The number of anilines is 2. The van der Waals surface area contributed by atoms with Gasteiger partial charge in [0.25, 0.3) is 5.91 Å². The van der Waals surface area contributed by atoms with Crippen molar-refractivity contribution in [2.24, 2.45) is 0 Å². The monoisotopic (exact) mass is 380 g/mol. The summed E-state index contributed by atoms with van der Waals surface area (Å²) in [6.07, 6.45) is 0.853. The Morgan fingerprint density at radius 1 is 1.24 bits per heavy atom. The molecule has 0 aliphatic carbocycles. The van der Waals surface area contributed by atoms with Crippen molar-refractivity contribution in [1.29, 1.82) is 0 Å². The molecule has 9 heteroatoms. The molecule has 0 bridgehead atoms. The Balaban J connectivity index is 1.89. The third-order valence-electron chi connectivity index (χ3n) is 3.26. The summed E-state index contributed by atoms with van der Waals surface area (Å²) in [4.78, 5) is 23.6. The standard InChI is InChI=1S/C16H20N4O3S2/c1-4-11-7-5-6-10(2)14(11)17-13(22)9-24-16-20-19-15(25-16)18-12(21)8-23-3/h5-7H,4,8-9H2,1-3H3,(H,17,22)(H,18,19,21). The molecule has 0 aliphatic heterocycles. The Kier molecular flexibility index (Phi) is 7.35. The van der Waals surface area contributed by atoms with Crippen LogP contribution in [0.3, 0.4) is 0 Å². The molecule has 1 aromatic heterocycles. The van der Waals surface area contributed by atoms with E-state index < -0.39 is 0 Å². The van der Waals surface area contributed by atoms with Crippen LogP contribution in [0.15, 0.2) is 22.5 Å². The van der Waals surface area contributed by atoms with E-state index >= 15 is 0 Å². The lowest BCUT2D eigenvalue weighted by Crippen LogP contribution is -2.16. The lowest BCUT2D eigenvalue weighted by atomic mass is 10.1. The Morgan fingerprint density at radius 3 is 2.76 bits per heavy atom. The van der Waals surface area contributed by atoms with Gasteiger partial charge in [0.1, 0.15) is 6.61 Å². The molecule has 0 aliphatic rings. The molecule has 1 heterocycles. The molecule has 2 N–H and O–H groups in total. The van der Waals surface area contributed by atoms with Gasteiger partial charge in [0.2, 0.25) is 11.0 Å². The number of thioether (sulfide) groups is 1. The molecule has 0 unspecified atom stereocenters. The number of hydrogen-bond acceptors (Lipinski definition) is 7. The molecule has 0 atom stereocenters. The zero-order valence-corrected chi connectivity index (χ0v) is 15.9. The molecule has 1 aromatic carbocycles. The number of nitrogens with one attached hydrogen (secondary N) is 2. The average molecular weight is 380 g/mol. The van der Waals surface area contributed by atoms with E-state index in [0.29, 0.717) is 9.47 Å². The minimum Gasteiger partial charge on any atom is -0.375 e. The molecule has 2 aromatic rings. The summed E-state index contributed by atoms with van der Waals surface area (Å²) in [6, 6.07) is 5.97. The number of aromatic nitrogens is 2. The van der Waals surface area contributed by atoms with Gasteiger partial charge in [-0.25, -0.2) is 0 Å². The Morgan fingerprint density at radius 2 is 2.04 bits per heavy atom. The number of benzene rings is 1. The summed E-state index contributed by atoms with van der Waals surface area (Å²) in [7, 11) is 1.44. The second-order valence-electron chi connectivity index (χ2n) is 5.15. The lowest BCUT2D eigenvalue weighted by molar-refractivity contribution is -0.119. The molecule has 25 heavy (non-hydrogen) atoms. The Labute approximate surface area is 154 Å². The first-order chi connectivity index (χ1) is 12.0. The molecule has 7 nitrogen and oxygen atoms in total. The van der Waals surface area contributed by atoms with Crippen LogP contribution in [-0.2, 0) is 20.7 Å². The molecular formula is C16H20N4O3S2. The van der Waals surface area contributed by atoms with Crippen LogP contribution in [0.5, 0.6) is 0 Å². The lowest BCUT2D eigenvalue weighted by Gasteiger charge is -2.12. The quantitative estimate of drug-likeness (QED) is 0.540. The fraction of sp³-hybridized carbons (Fsp3) is 0.375. The highest BCUT2D eigenvalue weighted by Gasteiger charge is 2.12. The van der Waals surface area contributed by atoms with E-state index in [1.807, 2.05) is 25.1 Å². The second-order valence-corrected chi connectivity index (χ2v) is 7.35. The van der Waals surface area contributed by atoms with Gasteiger partial charge in [-0.05, 0) is 24.5 Å². The number of para-hydroxylation sites is 1. The normalized spacial score (nSPS) is 10.5. The fourth-order valence-electron chi connectivity index (χ4n) is 2.11. The number of nitrogens with zero attached hydrogens (tertiary/aromatic N) is 2. The minimum atomic E-state index is -0.292. The number of rotatable bonds is 8. The summed E-state index contributed by atoms with van der Waals surface area (Å²) in [5, 5.41) is 13.8. The van der Waals surface area contributed by atoms with E-state index in [1.165, 1.54) is 30.2 Å². The van der Waals surface area contributed by atoms with Gasteiger partial charge in [0.05, 0.1) is 5.75 Å². The first kappa shape index (κ1) is 19.4. The number of ether oxygens (including phenoxy) is 1. The van der Waals surface area contributed by atoms with E-state index in [0.717, 1.165) is 23.2 Å². The van der Waals surface area contributed by atoms with Crippen LogP contribution in [0.2, 0.25) is 0 Å². The molecule has 0 saturated heterocycles. The highest BCUT2D eigenvalue weighted by atomic mass is 32.2. The summed E-state index contributed by atoms with van der Waals surface area (Å²) in [5.41, 5.74) is 3.02. The molecule has 0 fully saturated rings. The highest BCUT2D eigenvalue weighted by Crippen LogP contribution is 2.26. The predicted octanol–water partition coefficient (Wildman–Crippen LogP) is 2.72. The van der Waals surface area contributed by atoms with Crippen molar-refractivity contribution in [3.63, 3.8) is 0 Å². The van der Waals surface area contributed by atoms with Crippen LogP contribution >= 0.6 is 23.1 Å². The third kappa shape index (κ3) is 5.80. The van der Waals surface area contributed by atoms with Crippen molar-refractivity contribution in [2.45, 2.75) is 24.6 Å². The summed E-state index contributed by atoms with van der Waals surface area (Å²) < 4.78 is 5.35. The number of hydrogen-bond donors (Lipinski definition) is 2.